The van der Waals surface area contributed by atoms with Crippen molar-refractivity contribution < 1.29 is 9.90 Å². The summed E-state index contributed by atoms with van der Waals surface area (Å²) in [4.78, 5) is 10.2. The molecule has 0 amide bonds. The highest BCUT2D eigenvalue weighted by Crippen LogP contribution is 2.09. The molecule has 2 nitrogen and oxygen atoms in total. The average Bonchev–Trinajstić information content (AvgIpc) is 1.63. The molecule has 0 saturated carbocycles. The van der Waals surface area contributed by atoms with Gasteiger partial charge in [0, 0.05) is 5.75 Å². The molecule has 54 valence electrons. The van der Waals surface area contributed by atoms with E-state index in [1.165, 1.54) is 0 Å². The summed E-state index contributed by atoms with van der Waals surface area (Å²) in [6, 6.07) is 0. The summed E-state index contributed by atoms with van der Waals surface area (Å²) in [5.74, 6) is 3.45. The normalized spacial score (nSPS) is 16.7. The van der Waals surface area contributed by atoms with Gasteiger partial charge >= 0.3 is 5.97 Å². The van der Waals surface area contributed by atoms with Crippen molar-refractivity contribution in [2.24, 2.45) is 5.92 Å². The van der Waals surface area contributed by atoms with Gasteiger partial charge in [-0.3, -0.25) is 4.79 Å². The van der Waals surface area contributed by atoms with E-state index in [2.05, 4.69) is 5.87 Å². The van der Waals surface area contributed by atoms with E-state index in [0.29, 0.717) is 5.75 Å². The lowest BCUT2D eigenvalue weighted by Gasteiger charge is -2.04. The van der Waals surface area contributed by atoms with Gasteiger partial charge in [-0.1, -0.05) is 12.8 Å². The van der Waals surface area contributed by atoms with Gasteiger partial charge in [-0.15, -0.1) is 0 Å². The van der Waals surface area contributed by atoms with Crippen molar-refractivity contribution in [1.82, 2.24) is 0 Å². The van der Waals surface area contributed by atoms with E-state index in [-0.39, 0.29) is 16.4 Å². The predicted octanol–water partition coefficient (Wildman–Crippen LogP) is 1.04. The van der Waals surface area contributed by atoms with Gasteiger partial charge in [-0.25, -0.2) is 0 Å². The van der Waals surface area contributed by atoms with Crippen LogP contribution in [0.3, 0.4) is 0 Å². The van der Waals surface area contributed by atoms with Crippen LogP contribution in [-0.4, -0.2) is 29.0 Å². The standard InChI is InChI=1S/C6H12O2S/c1-5(6(7)8)4-9(2)3/h5H,2,4H2,1,3H3,(H,7,8)/t5-,9?/m1/s1. The minimum atomic E-state index is -0.724. The van der Waals surface area contributed by atoms with Crippen molar-refractivity contribution in [1.29, 1.82) is 0 Å². The lowest BCUT2D eigenvalue weighted by molar-refractivity contribution is -0.140. The molecule has 0 bridgehead atoms. The molecule has 0 aliphatic rings. The summed E-state index contributed by atoms with van der Waals surface area (Å²) in [5.41, 5.74) is 0. The topological polar surface area (TPSA) is 37.3 Å². The van der Waals surface area contributed by atoms with Crippen molar-refractivity contribution in [2.75, 3.05) is 12.0 Å². The summed E-state index contributed by atoms with van der Waals surface area (Å²) in [6.07, 6.45) is 1.94. The molecule has 1 N–H and O–H groups in total. The summed E-state index contributed by atoms with van der Waals surface area (Å²) in [7, 11) is 0.00293. The van der Waals surface area contributed by atoms with Crippen molar-refractivity contribution in [3.8, 4) is 0 Å². The van der Waals surface area contributed by atoms with Crippen molar-refractivity contribution >= 4 is 22.3 Å². The number of rotatable bonds is 3. The Morgan fingerprint density at radius 3 is 2.44 bits per heavy atom. The minimum Gasteiger partial charge on any atom is -0.481 e. The van der Waals surface area contributed by atoms with E-state index in [9.17, 15) is 4.79 Å². The van der Waals surface area contributed by atoms with E-state index in [1.54, 1.807) is 6.92 Å². The monoisotopic (exact) mass is 148 g/mol. The van der Waals surface area contributed by atoms with Crippen LogP contribution in [-0.2, 0) is 4.79 Å². The SMILES string of the molecule is C=S(C)C[C@@H](C)C(=O)O. The molecule has 0 fully saturated rings. The van der Waals surface area contributed by atoms with Crippen LogP contribution in [0.1, 0.15) is 6.92 Å². The fourth-order valence-electron chi connectivity index (χ4n) is 0.498. The first-order valence-corrected chi connectivity index (χ1v) is 4.66. The molecule has 0 saturated heterocycles. The van der Waals surface area contributed by atoms with Crippen LogP contribution < -0.4 is 0 Å². The number of hydrogen-bond acceptors (Lipinski definition) is 1. The third kappa shape index (κ3) is 4.21. The Kier molecular flexibility index (Phi) is 3.54. The Balaban J connectivity index is 3.63. The quantitative estimate of drug-likeness (QED) is 0.607. The van der Waals surface area contributed by atoms with Gasteiger partial charge in [-0.05, 0) is 6.26 Å². The van der Waals surface area contributed by atoms with Gasteiger partial charge in [-0.2, -0.15) is 10.5 Å². The van der Waals surface area contributed by atoms with Crippen molar-refractivity contribution in [3.63, 3.8) is 0 Å². The number of aliphatic carboxylic acids is 1. The molecule has 0 radical (unpaired) electrons. The summed E-state index contributed by atoms with van der Waals surface area (Å²) in [5, 5.41) is 8.41. The molecular weight excluding hydrogens is 136 g/mol. The highest BCUT2D eigenvalue weighted by molar-refractivity contribution is 8.13. The molecular formula is C6H12O2S. The molecule has 0 aliphatic heterocycles. The molecule has 9 heavy (non-hydrogen) atoms. The number of hydrogen-bond donors (Lipinski definition) is 1. The van der Waals surface area contributed by atoms with Crippen molar-refractivity contribution in [2.45, 2.75) is 6.92 Å². The van der Waals surface area contributed by atoms with Crippen LogP contribution in [0.2, 0.25) is 0 Å². The molecule has 0 aromatic carbocycles. The van der Waals surface area contributed by atoms with E-state index in [0.717, 1.165) is 0 Å². The number of carboxylic acids is 1. The maximum atomic E-state index is 10.2. The first-order chi connectivity index (χ1) is 4.04. The second-order valence-electron chi connectivity index (χ2n) is 2.19. The van der Waals surface area contributed by atoms with Crippen LogP contribution in [0.15, 0.2) is 0 Å². The van der Waals surface area contributed by atoms with Crippen molar-refractivity contribution in [3.05, 3.63) is 0 Å². The van der Waals surface area contributed by atoms with Crippen LogP contribution in [0.25, 0.3) is 0 Å². The Bertz CT molecular complexity index is 131. The maximum Gasteiger partial charge on any atom is 0.307 e. The molecule has 3 heteroatoms. The molecule has 2 atom stereocenters. The molecule has 0 spiro atoms. The zero-order valence-corrected chi connectivity index (χ0v) is 6.57. The first kappa shape index (κ1) is 8.69. The summed E-state index contributed by atoms with van der Waals surface area (Å²) < 4.78 is 0. The number of carboxylic acid groups (broad SMARTS) is 1. The smallest absolute Gasteiger partial charge is 0.307 e. The third-order valence-electron chi connectivity index (χ3n) is 0.956. The largest absolute Gasteiger partial charge is 0.481 e. The van der Waals surface area contributed by atoms with E-state index < -0.39 is 5.97 Å². The Labute approximate surface area is 57.8 Å². The zero-order valence-electron chi connectivity index (χ0n) is 5.76. The van der Waals surface area contributed by atoms with Gasteiger partial charge in [0.15, 0.2) is 0 Å². The highest BCUT2D eigenvalue weighted by Gasteiger charge is 2.08. The maximum absolute atomic E-state index is 10.2. The van der Waals surface area contributed by atoms with Crippen LogP contribution in [0, 0.1) is 5.92 Å². The Morgan fingerprint density at radius 1 is 1.89 bits per heavy atom. The minimum absolute atomic E-state index is 0.00293. The van der Waals surface area contributed by atoms with Crippen LogP contribution >= 0.6 is 10.5 Å². The Hall–Kier alpha value is -0.310. The summed E-state index contributed by atoms with van der Waals surface area (Å²) >= 11 is 0. The zero-order chi connectivity index (χ0) is 7.44. The third-order valence-corrected chi connectivity index (χ3v) is 2.03. The highest BCUT2D eigenvalue weighted by atomic mass is 32.2. The fraction of sp³-hybridized carbons (Fsp3) is 0.667. The molecule has 0 aromatic rings. The first-order valence-electron chi connectivity index (χ1n) is 2.69. The summed E-state index contributed by atoms with van der Waals surface area (Å²) in [6.45, 7) is 1.71. The molecule has 1 unspecified atom stereocenters. The molecule has 0 rings (SSSR count). The van der Waals surface area contributed by atoms with Gasteiger partial charge < -0.3 is 5.11 Å². The van der Waals surface area contributed by atoms with Gasteiger partial charge in [0.1, 0.15) is 0 Å². The fourth-order valence-corrected chi connectivity index (χ4v) is 1.49. The van der Waals surface area contributed by atoms with Gasteiger partial charge in [0.05, 0.1) is 5.92 Å². The van der Waals surface area contributed by atoms with Gasteiger partial charge in [0.2, 0.25) is 0 Å². The molecule has 0 heterocycles. The van der Waals surface area contributed by atoms with E-state index in [1.807, 2.05) is 6.26 Å². The molecule has 0 aromatic heterocycles. The van der Waals surface area contributed by atoms with E-state index >= 15 is 0 Å². The molecule has 0 aliphatic carbocycles. The van der Waals surface area contributed by atoms with Crippen LogP contribution in [0.4, 0.5) is 0 Å². The van der Waals surface area contributed by atoms with Gasteiger partial charge in [0.25, 0.3) is 0 Å². The number of carbonyl (C=O) groups is 1. The lowest BCUT2D eigenvalue weighted by Crippen LogP contribution is -2.12. The second-order valence-corrected chi connectivity index (χ2v) is 4.08. The van der Waals surface area contributed by atoms with Crippen LogP contribution in [0.5, 0.6) is 0 Å². The van der Waals surface area contributed by atoms with E-state index in [4.69, 9.17) is 5.11 Å². The Morgan fingerprint density at radius 2 is 2.33 bits per heavy atom. The average molecular weight is 148 g/mol. The predicted molar refractivity (Wildman–Crippen MR) is 42.3 cm³/mol. The lowest BCUT2D eigenvalue weighted by atomic mass is 10.2. The second kappa shape index (κ2) is 3.67.